The normalized spacial score (nSPS) is 12.0. The second-order valence-electron chi connectivity index (χ2n) is 4.76. The Balaban J connectivity index is 2.89. The first kappa shape index (κ1) is 11.3. The largest absolute Gasteiger partial charge is 0.506 e. The molecule has 0 spiro atoms. The minimum absolute atomic E-state index is 0.0858. The summed E-state index contributed by atoms with van der Waals surface area (Å²) in [6.45, 7) is 6.27. The van der Waals surface area contributed by atoms with Crippen molar-refractivity contribution in [2.75, 3.05) is 0 Å². The van der Waals surface area contributed by atoms with Crippen molar-refractivity contribution >= 4 is 26.8 Å². The number of aromatic hydroxyl groups is 1. The molecule has 0 aliphatic heterocycles. The minimum Gasteiger partial charge on any atom is -0.506 e. The van der Waals surface area contributed by atoms with E-state index in [9.17, 15) is 5.11 Å². The van der Waals surface area contributed by atoms with Gasteiger partial charge in [0, 0.05) is 10.8 Å². The predicted molar refractivity (Wildman–Crippen MR) is 67.6 cm³/mol. The summed E-state index contributed by atoms with van der Waals surface area (Å²) in [6.07, 6.45) is 0. The highest BCUT2D eigenvalue weighted by Gasteiger charge is 2.20. The van der Waals surface area contributed by atoms with Crippen LogP contribution in [-0.4, -0.2) is 15.1 Å². The van der Waals surface area contributed by atoms with Gasteiger partial charge < -0.3 is 5.11 Å². The van der Waals surface area contributed by atoms with Crippen LogP contribution in [-0.2, 0) is 5.41 Å². The van der Waals surface area contributed by atoms with E-state index in [1.165, 1.54) is 0 Å². The van der Waals surface area contributed by atoms with Gasteiger partial charge in [0.25, 0.3) is 0 Å². The molecule has 0 aliphatic rings. The second-order valence-corrected chi connectivity index (χ2v) is 5.47. The maximum Gasteiger partial charge on any atom is 0.197 e. The van der Waals surface area contributed by atoms with Crippen molar-refractivity contribution in [1.82, 2.24) is 9.97 Å². The van der Waals surface area contributed by atoms with Gasteiger partial charge in [0.1, 0.15) is 11.3 Å². The van der Waals surface area contributed by atoms with E-state index in [1.54, 1.807) is 6.07 Å². The van der Waals surface area contributed by atoms with Crippen LogP contribution in [0.15, 0.2) is 22.9 Å². The number of rotatable bonds is 0. The lowest BCUT2D eigenvalue weighted by atomic mass is 9.89. The second kappa shape index (κ2) is 3.70. The molecule has 0 saturated carbocycles. The number of fused-ring (bicyclic) bond motifs is 1. The van der Waals surface area contributed by atoms with Crippen LogP contribution in [0.5, 0.6) is 5.75 Å². The predicted octanol–water partition coefficient (Wildman–Crippen LogP) is 3.40. The molecule has 16 heavy (non-hydrogen) atoms. The van der Waals surface area contributed by atoms with E-state index in [0.29, 0.717) is 10.3 Å². The van der Waals surface area contributed by atoms with E-state index in [1.807, 2.05) is 12.1 Å². The molecule has 3 nitrogen and oxygen atoms in total. The highest BCUT2D eigenvalue weighted by molar-refractivity contribution is 9.10. The number of hydrogen-bond donors (Lipinski definition) is 1. The molecule has 0 radical (unpaired) electrons. The number of nitrogens with zero attached hydrogens (tertiary/aromatic N) is 2. The molecular formula is C12H13BrN2O. The lowest BCUT2D eigenvalue weighted by Crippen LogP contribution is -2.15. The van der Waals surface area contributed by atoms with Gasteiger partial charge in [-0.25, -0.2) is 9.97 Å². The fourth-order valence-corrected chi connectivity index (χ4v) is 2.04. The summed E-state index contributed by atoms with van der Waals surface area (Å²) in [6, 6.07) is 5.38. The zero-order valence-corrected chi connectivity index (χ0v) is 11.0. The number of halogens is 1. The fraction of sp³-hybridized carbons (Fsp3) is 0.333. The first-order chi connectivity index (χ1) is 7.39. The van der Waals surface area contributed by atoms with Gasteiger partial charge in [-0.1, -0.05) is 32.9 Å². The van der Waals surface area contributed by atoms with Crippen LogP contribution in [0.2, 0.25) is 0 Å². The molecule has 1 N–H and O–H groups in total. The van der Waals surface area contributed by atoms with Crippen molar-refractivity contribution in [2.24, 2.45) is 0 Å². The topological polar surface area (TPSA) is 46.0 Å². The SMILES string of the molecule is CC(C)(C)c1nc(Br)nc2c(O)cccc12. The van der Waals surface area contributed by atoms with E-state index >= 15 is 0 Å². The summed E-state index contributed by atoms with van der Waals surface area (Å²) in [7, 11) is 0. The van der Waals surface area contributed by atoms with Crippen LogP contribution in [0.3, 0.4) is 0 Å². The third-order valence-corrected chi connectivity index (χ3v) is 2.74. The molecule has 0 fully saturated rings. The quantitative estimate of drug-likeness (QED) is 0.753. The van der Waals surface area contributed by atoms with Crippen molar-refractivity contribution in [1.29, 1.82) is 0 Å². The van der Waals surface area contributed by atoms with Crippen LogP contribution in [0.25, 0.3) is 10.9 Å². The summed E-state index contributed by atoms with van der Waals surface area (Å²) in [4.78, 5) is 8.61. The van der Waals surface area contributed by atoms with Crippen LogP contribution < -0.4 is 0 Å². The monoisotopic (exact) mass is 280 g/mol. The van der Waals surface area contributed by atoms with Gasteiger partial charge in [-0.05, 0) is 22.0 Å². The lowest BCUT2D eigenvalue weighted by Gasteiger charge is -2.20. The van der Waals surface area contributed by atoms with Gasteiger partial charge in [0.15, 0.2) is 4.73 Å². The van der Waals surface area contributed by atoms with E-state index < -0.39 is 0 Å². The van der Waals surface area contributed by atoms with Crippen molar-refractivity contribution < 1.29 is 5.11 Å². The average Bonchev–Trinajstić information content (AvgIpc) is 2.17. The number of benzene rings is 1. The molecule has 0 aliphatic carbocycles. The number of aromatic nitrogens is 2. The molecule has 0 saturated heterocycles. The summed E-state index contributed by atoms with van der Waals surface area (Å²) >= 11 is 3.28. The van der Waals surface area contributed by atoms with Crippen LogP contribution in [0, 0.1) is 0 Å². The molecule has 1 aromatic carbocycles. The molecule has 2 rings (SSSR count). The highest BCUT2D eigenvalue weighted by atomic mass is 79.9. The molecule has 2 aromatic rings. The van der Waals surface area contributed by atoms with Gasteiger partial charge in [0.05, 0.1) is 5.69 Å². The van der Waals surface area contributed by atoms with Crippen LogP contribution >= 0.6 is 15.9 Å². The molecule has 0 bridgehead atoms. The molecule has 0 atom stereocenters. The van der Waals surface area contributed by atoms with Crippen molar-refractivity contribution in [2.45, 2.75) is 26.2 Å². The Kier molecular flexibility index (Phi) is 2.62. The molecular weight excluding hydrogens is 268 g/mol. The molecule has 84 valence electrons. The Hall–Kier alpha value is -1.16. The zero-order chi connectivity index (χ0) is 11.9. The van der Waals surface area contributed by atoms with Gasteiger partial charge in [0.2, 0.25) is 0 Å². The number of phenolic OH excluding ortho intramolecular Hbond substituents is 1. The van der Waals surface area contributed by atoms with Crippen molar-refractivity contribution in [3.63, 3.8) is 0 Å². The Morgan fingerprint density at radius 1 is 1.19 bits per heavy atom. The first-order valence-corrected chi connectivity index (χ1v) is 5.84. The maximum absolute atomic E-state index is 9.77. The summed E-state index contributed by atoms with van der Waals surface area (Å²) in [5.41, 5.74) is 1.44. The molecule has 0 amide bonds. The Bertz CT molecular complexity index is 546. The summed E-state index contributed by atoms with van der Waals surface area (Å²) in [5.74, 6) is 0.186. The molecule has 1 heterocycles. The smallest absolute Gasteiger partial charge is 0.197 e. The van der Waals surface area contributed by atoms with Gasteiger partial charge in [-0.3, -0.25) is 0 Å². The number of phenols is 1. The highest BCUT2D eigenvalue weighted by Crippen LogP contribution is 2.32. The number of hydrogen-bond acceptors (Lipinski definition) is 3. The zero-order valence-electron chi connectivity index (χ0n) is 9.45. The van der Waals surface area contributed by atoms with E-state index in [-0.39, 0.29) is 11.2 Å². The first-order valence-electron chi connectivity index (χ1n) is 5.05. The average molecular weight is 281 g/mol. The van der Waals surface area contributed by atoms with Gasteiger partial charge in [-0.15, -0.1) is 0 Å². The van der Waals surface area contributed by atoms with Crippen molar-refractivity contribution in [3.8, 4) is 5.75 Å². The Morgan fingerprint density at radius 3 is 2.50 bits per heavy atom. The van der Waals surface area contributed by atoms with E-state index in [2.05, 4.69) is 46.7 Å². The third-order valence-electron chi connectivity index (χ3n) is 2.39. The van der Waals surface area contributed by atoms with Crippen LogP contribution in [0.4, 0.5) is 0 Å². The van der Waals surface area contributed by atoms with E-state index in [0.717, 1.165) is 11.1 Å². The molecule has 4 heteroatoms. The van der Waals surface area contributed by atoms with Crippen molar-refractivity contribution in [3.05, 3.63) is 28.6 Å². The number of para-hydroxylation sites is 1. The Labute approximate surface area is 103 Å². The minimum atomic E-state index is -0.0858. The summed E-state index contributed by atoms with van der Waals surface area (Å²) in [5, 5.41) is 10.7. The molecule has 1 aromatic heterocycles. The Morgan fingerprint density at radius 2 is 1.88 bits per heavy atom. The third kappa shape index (κ3) is 1.89. The van der Waals surface area contributed by atoms with Crippen LogP contribution in [0.1, 0.15) is 26.5 Å². The van der Waals surface area contributed by atoms with Gasteiger partial charge in [-0.2, -0.15) is 0 Å². The van der Waals surface area contributed by atoms with E-state index in [4.69, 9.17) is 0 Å². The standard InChI is InChI=1S/C12H13BrN2O/c1-12(2,3)10-7-5-4-6-8(16)9(7)14-11(13)15-10/h4-6,16H,1-3H3. The van der Waals surface area contributed by atoms with Gasteiger partial charge >= 0.3 is 0 Å². The summed E-state index contributed by atoms with van der Waals surface area (Å²) < 4.78 is 0.506. The molecule has 0 unspecified atom stereocenters. The lowest BCUT2D eigenvalue weighted by molar-refractivity contribution is 0.479. The fourth-order valence-electron chi connectivity index (χ4n) is 1.68. The maximum atomic E-state index is 9.77.